The largest absolute Gasteiger partial charge is 0.378 e. The molecule has 3 aromatic rings. The van der Waals surface area contributed by atoms with Gasteiger partial charge in [-0.15, -0.1) is 10.2 Å². The number of rotatable bonds is 9. The van der Waals surface area contributed by atoms with Crippen LogP contribution in [0.15, 0.2) is 53.7 Å². The number of hydrogen-bond acceptors (Lipinski definition) is 6. The van der Waals surface area contributed by atoms with Crippen LogP contribution in [0.4, 0.5) is 5.69 Å². The molecule has 180 valence electrons. The summed E-state index contributed by atoms with van der Waals surface area (Å²) in [5, 5.41) is 9.33. The third kappa shape index (κ3) is 5.98. The fourth-order valence-electron chi connectivity index (χ4n) is 4.13. The van der Waals surface area contributed by atoms with E-state index in [9.17, 15) is 4.79 Å². The third-order valence-electron chi connectivity index (χ3n) is 6.01. The molecule has 8 heteroatoms. The number of aromatic nitrogens is 3. The molecule has 0 bridgehead atoms. The van der Waals surface area contributed by atoms with Crippen LogP contribution in [-0.2, 0) is 16.1 Å². The highest BCUT2D eigenvalue weighted by molar-refractivity contribution is 7.99. The molecule has 4 rings (SSSR count). The van der Waals surface area contributed by atoms with Gasteiger partial charge in [0.1, 0.15) is 5.82 Å². The Balaban J connectivity index is 1.47. The summed E-state index contributed by atoms with van der Waals surface area (Å²) in [5.41, 5.74) is 4.43. The van der Waals surface area contributed by atoms with Crippen molar-refractivity contribution in [2.45, 2.75) is 44.5 Å². The first-order valence-electron chi connectivity index (χ1n) is 11.7. The van der Waals surface area contributed by atoms with Crippen LogP contribution < -0.4 is 4.90 Å². The first kappa shape index (κ1) is 24.3. The first-order chi connectivity index (χ1) is 16.4. The van der Waals surface area contributed by atoms with E-state index in [4.69, 9.17) is 4.74 Å². The van der Waals surface area contributed by atoms with Gasteiger partial charge in [0.2, 0.25) is 5.91 Å². The summed E-state index contributed by atoms with van der Waals surface area (Å²) in [6.07, 6.45) is 2.16. The van der Waals surface area contributed by atoms with Crippen LogP contribution in [0.5, 0.6) is 0 Å². The van der Waals surface area contributed by atoms with E-state index in [1.165, 1.54) is 17.3 Å². The summed E-state index contributed by atoms with van der Waals surface area (Å²) < 4.78 is 7.85. The molecule has 2 heterocycles. The highest BCUT2D eigenvalue weighted by Crippen LogP contribution is 2.24. The van der Waals surface area contributed by atoms with Gasteiger partial charge in [0, 0.05) is 45.2 Å². The van der Waals surface area contributed by atoms with Gasteiger partial charge in [0.15, 0.2) is 5.16 Å². The first-order valence-corrected chi connectivity index (χ1v) is 12.7. The Bertz CT molecular complexity index is 1110. The summed E-state index contributed by atoms with van der Waals surface area (Å²) in [6.45, 7) is 5.95. The Morgan fingerprint density at radius 2 is 1.94 bits per heavy atom. The smallest absolute Gasteiger partial charge is 0.233 e. The summed E-state index contributed by atoms with van der Waals surface area (Å²) in [4.78, 5) is 17.4. The Labute approximate surface area is 206 Å². The van der Waals surface area contributed by atoms with Crippen LogP contribution in [0.1, 0.15) is 29.8 Å². The molecule has 0 N–H and O–H groups in total. The van der Waals surface area contributed by atoms with Crippen LogP contribution in [0.2, 0.25) is 0 Å². The quantitative estimate of drug-likeness (QED) is 0.428. The fourth-order valence-corrected chi connectivity index (χ4v) is 5.03. The summed E-state index contributed by atoms with van der Waals surface area (Å²) in [5.74, 6) is 1.18. The van der Waals surface area contributed by atoms with E-state index in [1.807, 2.05) is 42.6 Å². The minimum atomic E-state index is 0.0774. The van der Waals surface area contributed by atoms with Crippen LogP contribution in [0.3, 0.4) is 0 Å². The average molecular weight is 480 g/mol. The number of aryl methyl sites for hydroxylation is 2. The molecule has 1 aliphatic rings. The van der Waals surface area contributed by atoms with E-state index in [2.05, 4.69) is 58.4 Å². The molecule has 0 aliphatic carbocycles. The van der Waals surface area contributed by atoms with Crippen molar-refractivity contribution in [3.8, 4) is 5.69 Å². The van der Waals surface area contributed by atoms with Crippen LogP contribution >= 0.6 is 11.8 Å². The Kier molecular flexibility index (Phi) is 7.90. The van der Waals surface area contributed by atoms with Crippen LogP contribution in [0.25, 0.3) is 5.69 Å². The van der Waals surface area contributed by atoms with Gasteiger partial charge < -0.3 is 14.5 Å². The van der Waals surface area contributed by atoms with Crippen molar-refractivity contribution in [2.24, 2.45) is 0 Å². The van der Waals surface area contributed by atoms with Crippen molar-refractivity contribution in [1.29, 1.82) is 0 Å². The highest BCUT2D eigenvalue weighted by atomic mass is 32.2. The van der Waals surface area contributed by atoms with Gasteiger partial charge in [-0.1, -0.05) is 36.0 Å². The average Bonchev–Trinajstić information content (AvgIpc) is 3.46. The van der Waals surface area contributed by atoms with Gasteiger partial charge in [-0.05, 0) is 62.1 Å². The lowest BCUT2D eigenvalue weighted by Gasteiger charge is -2.26. The summed E-state index contributed by atoms with van der Waals surface area (Å²) in [7, 11) is 4.05. The predicted octanol–water partition coefficient (Wildman–Crippen LogP) is 4.25. The lowest BCUT2D eigenvalue weighted by atomic mass is 10.1. The van der Waals surface area contributed by atoms with E-state index in [0.29, 0.717) is 18.8 Å². The number of thioether (sulfide) groups is 1. The maximum Gasteiger partial charge on any atom is 0.233 e. The zero-order valence-corrected chi connectivity index (χ0v) is 21.2. The van der Waals surface area contributed by atoms with Crippen LogP contribution in [0, 0.1) is 13.8 Å². The molecular weight excluding hydrogens is 446 g/mol. The second-order valence-electron chi connectivity index (χ2n) is 8.96. The van der Waals surface area contributed by atoms with E-state index in [-0.39, 0.29) is 12.0 Å². The number of anilines is 1. The Hall–Kier alpha value is -2.84. The second-order valence-corrected chi connectivity index (χ2v) is 9.91. The van der Waals surface area contributed by atoms with Crippen molar-refractivity contribution in [3.05, 3.63) is 65.5 Å². The summed E-state index contributed by atoms with van der Waals surface area (Å²) in [6, 6.07) is 16.6. The third-order valence-corrected chi connectivity index (χ3v) is 6.92. The van der Waals surface area contributed by atoms with Crippen molar-refractivity contribution in [3.63, 3.8) is 0 Å². The molecule has 0 unspecified atom stereocenters. The topological polar surface area (TPSA) is 63.5 Å². The molecule has 1 atom stereocenters. The van der Waals surface area contributed by atoms with Crippen molar-refractivity contribution in [2.75, 3.05) is 37.9 Å². The summed E-state index contributed by atoms with van der Waals surface area (Å²) >= 11 is 1.43. The van der Waals surface area contributed by atoms with Gasteiger partial charge >= 0.3 is 0 Å². The SMILES string of the molecule is Cc1cccc(-n2c(C)nnc2SCC(=O)N(Cc2ccc(N(C)C)cc2)C[C@@H]2CCCO2)c1. The molecule has 0 radical (unpaired) electrons. The molecule has 2 aromatic carbocycles. The van der Waals surface area contributed by atoms with Crippen molar-refractivity contribution < 1.29 is 9.53 Å². The van der Waals surface area contributed by atoms with E-state index in [1.54, 1.807) is 0 Å². The molecule has 1 aliphatic heterocycles. The predicted molar refractivity (Wildman–Crippen MR) is 137 cm³/mol. The number of amides is 1. The van der Waals surface area contributed by atoms with E-state index < -0.39 is 0 Å². The Morgan fingerprint density at radius 3 is 2.62 bits per heavy atom. The Morgan fingerprint density at radius 1 is 1.15 bits per heavy atom. The number of carbonyl (C=O) groups is 1. The molecule has 34 heavy (non-hydrogen) atoms. The molecule has 1 saturated heterocycles. The standard InChI is InChI=1S/C26H33N5O2S/c1-19-7-5-8-23(15-19)31-20(2)27-28-26(31)34-18-25(32)30(17-24-9-6-14-33-24)16-21-10-12-22(13-11-21)29(3)4/h5,7-8,10-13,15,24H,6,9,14,16-18H2,1-4H3/t24-/m0/s1. The maximum atomic E-state index is 13.4. The monoisotopic (exact) mass is 479 g/mol. The van der Waals surface area contributed by atoms with Gasteiger partial charge in [-0.25, -0.2) is 0 Å². The minimum Gasteiger partial charge on any atom is -0.378 e. The number of nitrogens with zero attached hydrogens (tertiary/aromatic N) is 5. The zero-order valence-electron chi connectivity index (χ0n) is 20.4. The van der Waals surface area contributed by atoms with Crippen molar-refractivity contribution in [1.82, 2.24) is 19.7 Å². The molecule has 1 amide bonds. The number of hydrogen-bond donors (Lipinski definition) is 0. The maximum absolute atomic E-state index is 13.4. The number of benzene rings is 2. The lowest BCUT2D eigenvalue weighted by Crippen LogP contribution is -2.38. The fraction of sp³-hybridized carbons (Fsp3) is 0.423. The van der Waals surface area contributed by atoms with E-state index in [0.717, 1.165) is 47.4 Å². The van der Waals surface area contributed by atoms with Crippen molar-refractivity contribution >= 4 is 23.4 Å². The van der Waals surface area contributed by atoms with E-state index >= 15 is 0 Å². The second kappa shape index (κ2) is 11.1. The molecular formula is C26H33N5O2S. The molecule has 0 saturated carbocycles. The van der Waals surface area contributed by atoms with Gasteiger partial charge in [0.05, 0.1) is 11.9 Å². The lowest BCUT2D eigenvalue weighted by molar-refractivity contribution is -0.130. The number of ether oxygens (including phenoxy) is 1. The number of carbonyl (C=O) groups excluding carboxylic acids is 1. The molecule has 1 fully saturated rings. The minimum absolute atomic E-state index is 0.0774. The molecule has 7 nitrogen and oxygen atoms in total. The van der Waals surface area contributed by atoms with Crippen LogP contribution in [-0.4, -0.2) is 64.7 Å². The van der Waals surface area contributed by atoms with Gasteiger partial charge in [-0.2, -0.15) is 0 Å². The zero-order chi connectivity index (χ0) is 24.1. The normalized spacial score (nSPS) is 15.5. The highest BCUT2D eigenvalue weighted by Gasteiger charge is 2.24. The van der Waals surface area contributed by atoms with Gasteiger partial charge in [-0.3, -0.25) is 9.36 Å². The van der Waals surface area contributed by atoms with Gasteiger partial charge in [0.25, 0.3) is 0 Å². The molecule has 1 aromatic heterocycles. The molecule has 0 spiro atoms.